The summed E-state index contributed by atoms with van der Waals surface area (Å²) in [6.07, 6.45) is 0. The maximum absolute atomic E-state index is 11.9. The van der Waals surface area contributed by atoms with E-state index in [1.165, 1.54) is 0 Å². The van der Waals surface area contributed by atoms with Crippen LogP contribution in [0.2, 0.25) is 0 Å². The highest BCUT2D eigenvalue weighted by Crippen LogP contribution is 2.14. The summed E-state index contributed by atoms with van der Waals surface area (Å²) in [6, 6.07) is 7.10. The number of oxime groups is 1. The lowest BCUT2D eigenvalue weighted by atomic mass is 10.1. The van der Waals surface area contributed by atoms with Gasteiger partial charge >= 0.3 is 0 Å². The molecule has 20 heavy (non-hydrogen) atoms. The normalized spacial score (nSPS) is 16.1. The summed E-state index contributed by atoms with van der Waals surface area (Å²) < 4.78 is 10.7. The lowest BCUT2D eigenvalue weighted by Gasteiger charge is -2.26. The third-order valence-corrected chi connectivity index (χ3v) is 3.13. The van der Waals surface area contributed by atoms with E-state index in [1.54, 1.807) is 30.0 Å². The van der Waals surface area contributed by atoms with Crippen molar-refractivity contribution in [2.45, 2.75) is 6.92 Å². The van der Waals surface area contributed by atoms with Gasteiger partial charge in [-0.3, -0.25) is 4.79 Å². The fourth-order valence-corrected chi connectivity index (χ4v) is 1.92. The molecule has 6 heteroatoms. The molecule has 1 aromatic rings. The Morgan fingerprint density at radius 1 is 1.45 bits per heavy atom. The molecule has 0 aromatic heterocycles. The predicted octanol–water partition coefficient (Wildman–Crippen LogP) is 1.12. The first-order valence-electron chi connectivity index (χ1n) is 6.48. The van der Waals surface area contributed by atoms with E-state index in [1.807, 2.05) is 6.07 Å². The summed E-state index contributed by atoms with van der Waals surface area (Å²) in [4.78, 5) is 13.7. The summed E-state index contributed by atoms with van der Waals surface area (Å²) in [6.45, 7) is 4.06. The summed E-state index contributed by atoms with van der Waals surface area (Å²) >= 11 is 0. The van der Waals surface area contributed by atoms with Crippen LogP contribution >= 0.6 is 0 Å². The van der Waals surface area contributed by atoms with Crippen molar-refractivity contribution in [2.75, 3.05) is 32.9 Å². The highest BCUT2D eigenvalue weighted by Gasteiger charge is 2.17. The molecule has 0 spiro atoms. The van der Waals surface area contributed by atoms with Crippen molar-refractivity contribution in [1.82, 2.24) is 4.90 Å². The van der Waals surface area contributed by atoms with Gasteiger partial charge in [0.1, 0.15) is 5.75 Å². The molecule has 6 nitrogen and oxygen atoms in total. The molecule has 0 saturated carbocycles. The number of rotatable bonds is 4. The smallest absolute Gasteiger partial charge is 0.260 e. The van der Waals surface area contributed by atoms with Crippen LogP contribution in [-0.4, -0.2) is 54.6 Å². The van der Waals surface area contributed by atoms with Crippen LogP contribution < -0.4 is 4.74 Å². The standard InChI is InChI=1S/C14H18N2O4/c1-11(15-18)12-3-2-4-13(9-12)20-10-14(17)16-5-7-19-8-6-16/h2-4,9,18H,5-8,10H2,1H3/b15-11-. The molecule has 0 bridgehead atoms. The van der Waals surface area contributed by atoms with Crippen LogP contribution in [0.4, 0.5) is 0 Å². The number of amides is 1. The van der Waals surface area contributed by atoms with Crippen molar-refractivity contribution >= 4 is 11.6 Å². The number of hydrogen-bond donors (Lipinski definition) is 1. The van der Waals surface area contributed by atoms with E-state index < -0.39 is 0 Å². The maximum Gasteiger partial charge on any atom is 0.260 e. The number of morpholine rings is 1. The number of nitrogens with zero attached hydrogens (tertiary/aromatic N) is 2. The monoisotopic (exact) mass is 278 g/mol. The van der Waals surface area contributed by atoms with Gasteiger partial charge in [-0.05, 0) is 19.1 Å². The van der Waals surface area contributed by atoms with Gasteiger partial charge in [-0.1, -0.05) is 17.3 Å². The summed E-state index contributed by atoms with van der Waals surface area (Å²) in [5.41, 5.74) is 1.25. The molecule has 0 atom stereocenters. The van der Waals surface area contributed by atoms with Crippen LogP contribution in [0.5, 0.6) is 5.75 Å². The minimum atomic E-state index is -0.0498. The number of benzene rings is 1. The van der Waals surface area contributed by atoms with Gasteiger partial charge in [0.2, 0.25) is 0 Å². The van der Waals surface area contributed by atoms with Gasteiger partial charge in [0.05, 0.1) is 18.9 Å². The van der Waals surface area contributed by atoms with Crippen LogP contribution in [-0.2, 0) is 9.53 Å². The minimum absolute atomic E-state index is 0.00122. The van der Waals surface area contributed by atoms with Crippen molar-refractivity contribution in [1.29, 1.82) is 0 Å². The molecule has 1 amide bonds. The van der Waals surface area contributed by atoms with Gasteiger partial charge in [-0.15, -0.1) is 0 Å². The van der Waals surface area contributed by atoms with Gasteiger partial charge in [0.15, 0.2) is 6.61 Å². The highest BCUT2D eigenvalue weighted by molar-refractivity contribution is 5.98. The summed E-state index contributed by atoms with van der Waals surface area (Å²) in [5.74, 6) is 0.526. The number of carbonyl (C=O) groups is 1. The molecular weight excluding hydrogens is 260 g/mol. The Bertz CT molecular complexity index is 496. The quantitative estimate of drug-likeness (QED) is 0.509. The Balaban J connectivity index is 1.91. The third kappa shape index (κ3) is 3.71. The van der Waals surface area contributed by atoms with Gasteiger partial charge in [0.25, 0.3) is 5.91 Å². The first kappa shape index (κ1) is 14.3. The van der Waals surface area contributed by atoms with E-state index in [-0.39, 0.29) is 12.5 Å². The molecule has 1 N–H and O–H groups in total. The first-order valence-corrected chi connectivity index (χ1v) is 6.48. The number of carbonyl (C=O) groups excluding carboxylic acids is 1. The largest absolute Gasteiger partial charge is 0.484 e. The Morgan fingerprint density at radius 3 is 2.90 bits per heavy atom. The second kappa shape index (κ2) is 6.91. The molecule has 1 aliphatic heterocycles. The Labute approximate surface area is 117 Å². The molecule has 1 saturated heterocycles. The molecule has 108 valence electrons. The second-order valence-corrected chi connectivity index (χ2v) is 4.50. The summed E-state index contributed by atoms with van der Waals surface area (Å²) in [7, 11) is 0. The van der Waals surface area contributed by atoms with E-state index in [4.69, 9.17) is 14.7 Å². The number of ether oxygens (including phenoxy) is 2. The van der Waals surface area contributed by atoms with Crippen LogP contribution in [0.15, 0.2) is 29.4 Å². The molecule has 2 rings (SSSR count). The molecule has 0 unspecified atom stereocenters. The Kier molecular flexibility index (Phi) is 4.95. The fourth-order valence-electron chi connectivity index (χ4n) is 1.92. The Hall–Kier alpha value is -2.08. The zero-order valence-electron chi connectivity index (χ0n) is 11.4. The predicted molar refractivity (Wildman–Crippen MR) is 73.3 cm³/mol. The maximum atomic E-state index is 11.9. The van der Waals surface area contributed by atoms with E-state index in [2.05, 4.69) is 5.16 Å². The average Bonchev–Trinajstić information content (AvgIpc) is 2.53. The molecule has 0 aliphatic carbocycles. The lowest BCUT2D eigenvalue weighted by molar-refractivity contribution is -0.137. The highest BCUT2D eigenvalue weighted by atomic mass is 16.5. The first-order chi connectivity index (χ1) is 9.70. The third-order valence-electron chi connectivity index (χ3n) is 3.13. The zero-order valence-corrected chi connectivity index (χ0v) is 11.4. The molecule has 1 fully saturated rings. The molecule has 1 aliphatic rings. The van der Waals surface area contributed by atoms with Gasteiger partial charge < -0.3 is 19.6 Å². The van der Waals surface area contributed by atoms with Gasteiger partial charge in [-0.25, -0.2) is 0 Å². The van der Waals surface area contributed by atoms with E-state index in [9.17, 15) is 4.79 Å². The van der Waals surface area contributed by atoms with E-state index >= 15 is 0 Å². The van der Waals surface area contributed by atoms with Crippen LogP contribution in [0.3, 0.4) is 0 Å². The Morgan fingerprint density at radius 2 is 2.20 bits per heavy atom. The van der Waals surface area contributed by atoms with Crippen molar-refractivity contribution in [2.24, 2.45) is 5.16 Å². The summed E-state index contributed by atoms with van der Waals surface area (Å²) in [5, 5.41) is 11.9. The average molecular weight is 278 g/mol. The second-order valence-electron chi connectivity index (χ2n) is 4.50. The van der Waals surface area contributed by atoms with Crippen molar-refractivity contribution in [3.05, 3.63) is 29.8 Å². The molecule has 1 aromatic carbocycles. The van der Waals surface area contributed by atoms with Crippen LogP contribution in [0.25, 0.3) is 0 Å². The SMILES string of the molecule is C/C(=N/O)c1cccc(OCC(=O)N2CCOCC2)c1. The molecule has 1 heterocycles. The van der Waals surface area contributed by atoms with Gasteiger partial charge in [-0.2, -0.15) is 0 Å². The lowest BCUT2D eigenvalue weighted by Crippen LogP contribution is -2.42. The van der Waals surface area contributed by atoms with E-state index in [0.717, 1.165) is 5.56 Å². The molecule has 0 radical (unpaired) electrons. The number of hydrogen-bond acceptors (Lipinski definition) is 5. The van der Waals surface area contributed by atoms with Crippen molar-refractivity contribution in [3.8, 4) is 5.75 Å². The zero-order chi connectivity index (χ0) is 14.4. The fraction of sp³-hybridized carbons (Fsp3) is 0.429. The van der Waals surface area contributed by atoms with Gasteiger partial charge in [0, 0.05) is 18.7 Å². The van der Waals surface area contributed by atoms with Crippen LogP contribution in [0, 0.1) is 0 Å². The van der Waals surface area contributed by atoms with Crippen molar-refractivity contribution in [3.63, 3.8) is 0 Å². The minimum Gasteiger partial charge on any atom is -0.484 e. The topological polar surface area (TPSA) is 71.4 Å². The molecular formula is C14H18N2O4. The van der Waals surface area contributed by atoms with E-state index in [0.29, 0.717) is 37.8 Å². The van der Waals surface area contributed by atoms with Crippen molar-refractivity contribution < 1.29 is 19.5 Å². The van der Waals surface area contributed by atoms with Crippen LogP contribution in [0.1, 0.15) is 12.5 Å².